The van der Waals surface area contributed by atoms with Gasteiger partial charge in [0.1, 0.15) is 10.6 Å². The summed E-state index contributed by atoms with van der Waals surface area (Å²) in [6.07, 6.45) is 1.17. The Bertz CT molecular complexity index is 670. The molecule has 1 fully saturated rings. The van der Waals surface area contributed by atoms with Gasteiger partial charge in [0.25, 0.3) is 0 Å². The van der Waals surface area contributed by atoms with E-state index in [0.717, 1.165) is 35.5 Å². The topological polar surface area (TPSA) is 38.2 Å². The second-order valence-corrected chi connectivity index (χ2v) is 7.62. The maximum Gasteiger partial charge on any atom is 0.225 e. The van der Waals surface area contributed by atoms with Crippen LogP contribution in [0.3, 0.4) is 0 Å². The predicted octanol–water partition coefficient (Wildman–Crippen LogP) is 3.91. The number of fused-ring (bicyclic) bond motifs is 1. The molecule has 21 heavy (non-hydrogen) atoms. The summed E-state index contributed by atoms with van der Waals surface area (Å²) in [6, 6.07) is 2.19. The summed E-state index contributed by atoms with van der Waals surface area (Å²) in [5, 5.41) is 1.42. The van der Waals surface area contributed by atoms with Gasteiger partial charge in [0.2, 0.25) is 5.28 Å². The van der Waals surface area contributed by atoms with Crippen LogP contribution in [-0.4, -0.2) is 34.8 Å². The van der Waals surface area contributed by atoms with Crippen LogP contribution in [-0.2, 0) is 11.2 Å². The van der Waals surface area contributed by atoms with Gasteiger partial charge in [-0.15, -0.1) is 11.3 Å². The molecular weight excluding hydrogens is 306 g/mol. The predicted molar refractivity (Wildman–Crippen MR) is 88.6 cm³/mol. The van der Waals surface area contributed by atoms with Crippen molar-refractivity contribution in [1.82, 2.24) is 9.97 Å². The molecule has 0 N–H and O–H groups in total. The molecule has 1 aliphatic rings. The van der Waals surface area contributed by atoms with Gasteiger partial charge in [0.15, 0.2) is 0 Å². The SMILES string of the molecule is CCc1cc2c(N3CC(C)OC(C)(C)C3)nc(Cl)nc2s1. The number of morpholine rings is 1. The van der Waals surface area contributed by atoms with E-state index in [1.54, 1.807) is 11.3 Å². The highest BCUT2D eigenvalue weighted by Crippen LogP contribution is 2.34. The number of hydrogen-bond donors (Lipinski definition) is 0. The van der Waals surface area contributed by atoms with Crippen molar-refractivity contribution in [3.8, 4) is 0 Å². The molecular formula is C15H20ClN3OS. The smallest absolute Gasteiger partial charge is 0.225 e. The van der Waals surface area contributed by atoms with Crippen molar-refractivity contribution >= 4 is 39.0 Å². The van der Waals surface area contributed by atoms with Gasteiger partial charge in [-0.05, 0) is 44.9 Å². The lowest BCUT2D eigenvalue weighted by Gasteiger charge is -2.42. The molecule has 114 valence electrons. The van der Waals surface area contributed by atoms with Gasteiger partial charge in [-0.2, -0.15) is 4.98 Å². The highest BCUT2D eigenvalue weighted by atomic mass is 35.5. The van der Waals surface area contributed by atoms with Crippen LogP contribution in [0.4, 0.5) is 5.82 Å². The summed E-state index contributed by atoms with van der Waals surface area (Å²) in [5.41, 5.74) is -0.189. The van der Waals surface area contributed by atoms with E-state index in [-0.39, 0.29) is 11.7 Å². The molecule has 2 aromatic rings. The van der Waals surface area contributed by atoms with Gasteiger partial charge in [-0.25, -0.2) is 4.98 Å². The van der Waals surface area contributed by atoms with E-state index in [1.807, 2.05) is 0 Å². The summed E-state index contributed by atoms with van der Waals surface area (Å²) in [5.74, 6) is 0.934. The van der Waals surface area contributed by atoms with Gasteiger partial charge in [-0.3, -0.25) is 0 Å². The fraction of sp³-hybridized carbons (Fsp3) is 0.600. The van der Waals surface area contributed by atoms with Crippen LogP contribution in [0.2, 0.25) is 5.28 Å². The lowest BCUT2D eigenvalue weighted by Crippen LogP contribution is -2.52. The van der Waals surface area contributed by atoms with Gasteiger partial charge < -0.3 is 9.64 Å². The van der Waals surface area contributed by atoms with Crippen LogP contribution in [0, 0.1) is 0 Å². The van der Waals surface area contributed by atoms with Gasteiger partial charge in [0.05, 0.1) is 17.1 Å². The van der Waals surface area contributed by atoms with E-state index in [1.165, 1.54) is 4.88 Å². The first-order valence-corrected chi connectivity index (χ1v) is 8.46. The van der Waals surface area contributed by atoms with Crippen LogP contribution in [0.15, 0.2) is 6.07 Å². The van der Waals surface area contributed by atoms with E-state index in [0.29, 0.717) is 5.28 Å². The molecule has 0 saturated carbocycles. The zero-order valence-electron chi connectivity index (χ0n) is 12.8. The maximum absolute atomic E-state index is 6.13. The Labute approximate surface area is 134 Å². The Balaban J connectivity index is 2.08. The Morgan fingerprint density at radius 3 is 2.90 bits per heavy atom. The third kappa shape index (κ3) is 3.00. The monoisotopic (exact) mass is 325 g/mol. The zero-order valence-corrected chi connectivity index (χ0v) is 14.4. The first-order valence-electron chi connectivity index (χ1n) is 7.26. The molecule has 3 rings (SSSR count). The summed E-state index contributed by atoms with van der Waals surface area (Å²) in [4.78, 5) is 13.4. The van der Waals surface area contributed by atoms with Crippen LogP contribution in [0.25, 0.3) is 10.2 Å². The van der Waals surface area contributed by atoms with E-state index in [9.17, 15) is 0 Å². The molecule has 6 heteroatoms. The largest absolute Gasteiger partial charge is 0.369 e. The number of aromatic nitrogens is 2. The van der Waals surface area contributed by atoms with E-state index >= 15 is 0 Å². The summed E-state index contributed by atoms with van der Waals surface area (Å²) < 4.78 is 5.98. The Hall–Kier alpha value is -0.910. The normalized spacial score (nSPS) is 22.0. The van der Waals surface area contributed by atoms with E-state index < -0.39 is 0 Å². The van der Waals surface area contributed by atoms with Crippen LogP contribution < -0.4 is 4.90 Å². The van der Waals surface area contributed by atoms with Crippen LogP contribution in [0.5, 0.6) is 0 Å². The van der Waals surface area contributed by atoms with Crippen molar-refractivity contribution in [2.75, 3.05) is 18.0 Å². The number of ether oxygens (including phenoxy) is 1. The molecule has 4 nitrogen and oxygen atoms in total. The van der Waals surface area contributed by atoms with Crippen molar-refractivity contribution in [2.45, 2.75) is 45.8 Å². The molecule has 1 atom stereocenters. The lowest BCUT2D eigenvalue weighted by atomic mass is 10.1. The van der Waals surface area contributed by atoms with Crippen molar-refractivity contribution in [1.29, 1.82) is 0 Å². The van der Waals surface area contributed by atoms with E-state index in [2.05, 4.69) is 48.6 Å². The van der Waals surface area contributed by atoms with E-state index in [4.69, 9.17) is 16.3 Å². The quantitative estimate of drug-likeness (QED) is 0.785. The molecule has 0 aromatic carbocycles. The third-order valence-corrected chi connectivity index (χ3v) is 4.96. The average molecular weight is 326 g/mol. The standard InChI is InChI=1S/C15H20ClN3OS/c1-5-10-6-11-12(17-14(16)18-13(11)21-10)19-7-9(2)20-15(3,4)8-19/h6,9H,5,7-8H2,1-4H3. The number of aryl methyl sites for hydroxylation is 1. The second kappa shape index (κ2) is 5.38. The molecule has 0 radical (unpaired) electrons. The number of nitrogens with zero attached hydrogens (tertiary/aromatic N) is 3. The Kier molecular flexibility index (Phi) is 3.84. The number of rotatable bonds is 2. The molecule has 2 aromatic heterocycles. The number of halogens is 1. The summed E-state index contributed by atoms with van der Waals surface area (Å²) in [7, 11) is 0. The Morgan fingerprint density at radius 2 is 2.24 bits per heavy atom. The number of hydrogen-bond acceptors (Lipinski definition) is 5. The molecule has 1 aliphatic heterocycles. The van der Waals surface area contributed by atoms with Crippen molar-refractivity contribution in [2.24, 2.45) is 0 Å². The van der Waals surface area contributed by atoms with Crippen LogP contribution in [0.1, 0.15) is 32.6 Å². The zero-order chi connectivity index (χ0) is 15.2. The second-order valence-electron chi connectivity index (χ2n) is 6.17. The number of anilines is 1. The molecule has 1 saturated heterocycles. The fourth-order valence-corrected chi connectivity index (χ4v) is 4.14. The molecule has 0 aliphatic carbocycles. The minimum atomic E-state index is -0.189. The molecule has 3 heterocycles. The third-order valence-electron chi connectivity index (χ3n) is 3.61. The van der Waals surface area contributed by atoms with Crippen molar-refractivity contribution < 1.29 is 4.74 Å². The molecule has 0 bridgehead atoms. The minimum absolute atomic E-state index is 0.168. The first kappa shape index (κ1) is 15.0. The Morgan fingerprint density at radius 1 is 1.48 bits per heavy atom. The molecule has 0 amide bonds. The molecule has 0 spiro atoms. The fourth-order valence-electron chi connectivity index (χ4n) is 2.96. The van der Waals surface area contributed by atoms with Gasteiger partial charge in [0, 0.05) is 18.0 Å². The van der Waals surface area contributed by atoms with Crippen molar-refractivity contribution in [3.05, 3.63) is 16.2 Å². The summed E-state index contributed by atoms with van der Waals surface area (Å²) >= 11 is 7.83. The lowest BCUT2D eigenvalue weighted by molar-refractivity contribution is -0.0751. The highest BCUT2D eigenvalue weighted by Gasteiger charge is 2.33. The minimum Gasteiger partial charge on any atom is -0.369 e. The van der Waals surface area contributed by atoms with Crippen molar-refractivity contribution in [3.63, 3.8) is 0 Å². The average Bonchev–Trinajstić information content (AvgIpc) is 2.78. The highest BCUT2D eigenvalue weighted by molar-refractivity contribution is 7.18. The number of thiophene rings is 1. The molecule has 1 unspecified atom stereocenters. The first-order chi connectivity index (χ1) is 9.88. The van der Waals surface area contributed by atoms with Crippen LogP contribution >= 0.6 is 22.9 Å². The van der Waals surface area contributed by atoms with Gasteiger partial charge in [-0.1, -0.05) is 6.92 Å². The maximum atomic E-state index is 6.13. The summed E-state index contributed by atoms with van der Waals surface area (Å²) in [6.45, 7) is 10.1. The van der Waals surface area contributed by atoms with Gasteiger partial charge >= 0.3 is 0 Å².